The van der Waals surface area contributed by atoms with Crippen LogP contribution in [0.2, 0.25) is 0 Å². The third kappa shape index (κ3) is 4.05. The van der Waals surface area contributed by atoms with Crippen LogP contribution in [0.3, 0.4) is 0 Å². The van der Waals surface area contributed by atoms with E-state index in [-0.39, 0.29) is 0 Å². The molecule has 0 fully saturated rings. The molecular formula is C45H27NS. The van der Waals surface area contributed by atoms with Crippen LogP contribution in [0.15, 0.2) is 164 Å². The minimum absolute atomic E-state index is 1.02. The molecule has 0 aliphatic carbocycles. The Labute approximate surface area is 276 Å². The first-order chi connectivity index (χ1) is 23.3. The Hall–Kier alpha value is -5.83. The van der Waals surface area contributed by atoms with Crippen molar-refractivity contribution in [2.75, 3.05) is 0 Å². The second kappa shape index (κ2) is 10.3. The third-order valence-electron chi connectivity index (χ3n) is 9.65. The summed E-state index contributed by atoms with van der Waals surface area (Å²) >= 11 is 1.87. The average molecular weight is 614 g/mol. The normalized spacial score (nSPS) is 11.8. The van der Waals surface area contributed by atoms with E-state index in [1.165, 1.54) is 69.0 Å². The molecule has 10 rings (SSSR count). The van der Waals surface area contributed by atoms with Gasteiger partial charge in [-0.15, -0.1) is 11.3 Å². The maximum Gasteiger partial charge on any atom is 0.0794 e. The first-order valence-electron chi connectivity index (χ1n) is 16.1. The Morgan fingerprint density at radius 3 is 1.85 bits per heavy atom. The van der Waals surface area contributed by atoms with Gasteiger partial charge in [-0.1, -0.05) is 146 Å². The van der Waals surface area contributed by atoms with Gasteiger partial charge in [-0.25, -0.2) is 4.98 Å². The minimum atomic E-state index is 1.02. The van der Waals surface area contributed by atoms with E-state index in [0.717, 1.165) is 27.9 Å². The zero-order chi connectivity index (χ0) is 30.9. The van der Waals surface area contributed by atoms with Crippen molar-refractivity contribution in [3.63, 3.8) is 0 Å². The van der Waals surface area contributed by atoms with E-state index in [4.69, 9.17) is 4.98 Å². The summed E-state index contributed by atoms with van der Waals surface area (Å²) in [4.78, 5) is 5.48. The average Bonchev–Trinajstić information content (AvgIpc) is 3.53. The Balaban J connectivity index is 1.23. The molecule has 0 N–H and O–H groups in total. The SMILES string of the molecule is c1ccc(-c2nc3c(-c4ccc(-c5cc6ccccc6c6ccccc56)cc4)cccc3c3c2ccc2sc4ccccc4c23)cc1. The molecule has 2 aromatic heterocycles. The maximum absolute atomic E-state index is 5.48. The molecule has 0 unspecified atom stereocenters. The van der Waals surface area contributed by atoms with Crippen LogP contribution in [0.25, 0.3) is 96.9 Å². The van der Waals surface area contributed by atoms with Crippen LogP contribution in [0.4, 0.5) is 0 Å². The van der Waals surface area contributed by atoms with Crippen LogP contribution in [0.1, 0.15) is 0 Å². The van der Waals surface area contributed by atoms with Gasteiger partial charge in [0.2, 0.25) is 0 Å². The number of pyridine rings is 1. The van der Waals surface area contributed by atoms with Crippen molar-refractivity contribution in [2.24, 2.45) is 0 Å². The number of fused-ring (bicyclic) bond motifs is 10. The number of nitrogens with zero attached hydrogens (tertiary/aromatic N) is 1. The van der Waals surface area contributed by atoms with E-state index in [0.29, 0.717) is 0 Å². The molecule has 0 radical (unpaired) electrons. The van der Waals surface area contributed by atoms with Crippen LogP contribution >= 0.6 is 11.3 Å². The lowest BCUT2D eigenvalue weighted by molar-refractivity contribution is 1.43. The fourth-order valence-corrected chi connectivity index (χ4v) is 8.62. The number of hydrogen-bond donors (Lipinski definition) is 0. The van der Waals surface area contributed by atoms with Crippen molar-refractivity contribution >= 4 is 74.7 Å². The summed E-state index contributed by atoms with van der Waals surface area (Å²) in [6.45, 7) is 0. The first-order valence-corrected chi connectivity index (χ1v) is 16.9. The predicted molar refractivity (Wildman–Crippen MR) is 203 cm³/mol. The lowest BCUT2D eigenvalue weighted by Gasteiger charge is -2.15. The highest BCUT2D eigenvalue weighted by molar-refractivity contribution is 7.26. The van der Waals surface area contributed by atoms with E-state index < -0.39 is 0 Å². The topological polar surface area (TPSA) is 12.9 Å². The molecular weight excluding hydrogens is 587 g/mol. The highest BCUT2D eigenvalue weighted by Crippen LogP contribution is 2.45. The van der Waals surface area contributed by atoms with E-state index >= 15 is 0 Å². The second-order valence-corrected chi connectivity index (χ2v) is 13.3. The fourth-order valence-electron chi connectivity index (χ4n) is 7.50. The molecule has 1 nitrogen and oxygen atoms in total. The number of para-hydroxylation sites is 1. The zero-order valence-electron chi connectivity index (χ0n) is 25.4. The molecule has 0 saturated carbocycles. The lowest BCUT2D eigenvalue weighted by Crippen LogP contribution is -1.93. The van der Waals surface area contributed by atoms with Gasteiger partial charge < -0.3 is 0 Å². The smallest absolute Gasteiger partial charge is 0.0794 e. The first kappa shape index (κ1) is 26.4. The van der Waals surface area contributed by atoms with Crippen molar-refractivity contribution in [1.82, 2.24) is 4.98 Å². The van der Waals surface area contributed by atoms with Crippen molar-refractivity contribution in [3.8, 4) is 33.5 Å². The molecule has 218 valence electrons. The maximum atomic E-state index is 5.48. The molecule has 8 aromatic carbocycles. The third-order valence-corrected chi connectivity index (χ3v) is 10.8. The van der Waals surface area contributed by atoms with Crippen molar-refractivity contribution in [1.29, 1.82) is 0 Å². The Morgan fingerprint density at radius 1 is 0.362 bits per heavy atom. The van der Waals surface area contributed by atoms with Gasteiger partial charge in [0.15, 0.2) is 0 Å². The highest BCUT2D eigenvalue weighted by atomic mass is 32.1. The summed E-state index contributed by atoms with van der Waals surface area (Å²) in [5.41, 5.74) is 7.97. The van der Waals surface area contributed by atoms with Crippen LogP contribution in [-0.4, -0.2) is 4.98 Å². The molecule has 0 bridgehead atoms. The number of benzene rings is 8. The van der Waals surface area contributed by atoms with E-state index in [1.807, 2.05) is 11.3 Å². The Morgan fingerprint density at radius 2 is 1.02 bits per heavy atom. The second-order valence-electron chi connectivity index (χ2n) is 12.3. The van der Waals surface area contributed by atoms with E-state index in [1.54, 1.807) is 0 Å². The van der Waals surface area contributed by atoms with Crippen LogP contribution in [0, 0.1) is 0 Å². The van der Waals surface area contributed by atoms with Gasteiger partial charge in [-0.2, -0.15) is 0 Å². The van der Waals surface area contributed by atoms with Crippen LogP contribution in [0.5, 0.6) is 0 Å². The Kier molecular flexibility index (Phi) is 5.81. The van der Waals surface area contributed by atoms with Gasteiger partial charge in [0, 0.05) is 47.5 Å². The Bertz CT molecular complexity index is 2830. The van der Waals surface area contributed by atoms with Gasteiger partial charge in [0.25, 0.3) is 0 Å². The number of rotatable bonds is 3. The van der Waals surface area contributed by atoms with E-state index in [2.05, 4.69) is 164 Å². The van der Waals surface area contributed by atoms with Gasteiger partial charge in [-0.3, -0.25) is 0 Å². The summed E-state index contributed by atoms with van der Waals surface area (Å²) < 4.78 is 2.62. The van der Waals surface area contributed by atoms with Crippen molar-refractivity contribution in [2.45, 2.75) is 0 Å². The molecule has 0 amide bonds. The molecule has 0 spiro atoms. The van der Waals surface area contributed by atoms with Crippen molar-refractivity contribution in [3.05, 3.63) is 164 Å². The summed E-state index contributed by atoms with van der Waals surface area (Å²) in [7, 11) is 0. The monoisotopic (exact) mass is 613 g/mol. The number of hydrogen-bond acceptors (Lipinski definition) is 2. The summed E-state index contributed by atoms with van der Waals surface area (Å²) in [5, 5.41) is 11.4. The zero-order valence-corrected chi connectivity index (χ0v) is 26.3. The van der Waals surface area contributed by atoms with Gasteiger partial charge in [0.05, 0.1) is 11.2 Å². The lowest BCUT2D eigenvalue weighted by atomic mass is 9.91. The quantitative estimate of drug-likeness (QED) is 0.181. The number of thiophene rings is 1. The van der Waals surface area contributed by atoms with Gasteiger partial charge >= 0.3 is 0 Å². The van der Waals surface area contributed by atoms with Gasteiger partial charge in [0.1, 0.15) is 0 Å². The number of aromatic nitrogens is 1. The van der Waals surface area contributed by atoms with Crippen molar-refractivity contribution < 1.29 is 0 Å². The summed E-state index contributed by atoms with van der Waals surface area (Å²) in [5.74, 6) is 0. The molecule has 2 heterocycles. The molecule has 0 saturated heterocycles. The molecule has 47 heavy (non-hydrogen) atoms. The molecule has 10 aromatic rings. The summed E-state index contributed by atoms with van der Waals surface area (Å²) in [6, 6.07) is 59.5. The molecule has 0 atom stereocenters. The largest absolute Gasteiger partial charge is 0.246 e. The van der Waals surface area contributed by atoms with Crippen LogP contribution in [-0.2, 0) is 0 Å². The molecule has 0 aliphatic rings. The predicted octanol–water partition coefficient (Wildman–Crippen LogP) is 13.1. The van der Waals surface area contributed by atoms with Gasteiger partial charge in [-0.05, 0) is 56.4 Å². The van der Waals surface area contributed by atoms with Crippen LogP contribution < -0.4 is 0 Å². The fraction of sp³-hybridized carbons (Fsp3) is 0. The highest BCUT2D eigenvalue weighted by Gasteiger charge is 2.18. The standard InChI is InChI=1S/C45H27NS/c1-2-11-30(12-3-1)44-38-25-26-41-43(36-17-8-9-20-40(36)47-41)42(38)37-19-10-18-33(45(37)46-44)28-21-23-29(24-22-28)39-27-31-13-4-5-14-32(31)34-15-6-7-16-35(34)39/h1-27H. The molecule has 0 aliphatic heterocycles. The minimum Gasteiger partial charge on any atom is -0.246 e. The molecule has 2 heteroatoms. The summed E-state index contributed by atoms with van der Waals surface area (Å²) in [6.07, 6.45) is 0. The van der Waals surface area contributed by atoms with E-state index in [9.17, 15) is 0 Å².